The van der Waals surface area contributed by atoms with E-state index in [0.29, 0.717) is 25.9 Å². The van der Waals surface area contributed by atoms with Gasteiger partial charge in [-0.05, 0) is 36.1 Å². The summed E-state index contributed by atoms with van der Waals surface area (Å²) in [6.45, 7) is 2.84. The molecule has 10 nitrogen and oxygen atoms in total. The highest BCUT2D eigenvalue weighted by molar-refractivity contribution is 7.88. The normalized spacial score (nSPS) is 16.2. The Labute approximate surface area is 217 Å². The van der Waals surface area contributed by atoms with Gasteiger partial charge in [0.2, 0.25) is 21.8 Å². The summed E-state index contributed by atoms with van der Waals surface area (Å²) in [6, 6.07) is 14.4. The van der Waals surface area contributed by atoms with Crippen LogP contribution in [0.15, 0.2) is 54.6 Å². The van der Waals surface area contributed by atoms with Crippen molar-refractivity contribution in [3.63, 3.8) is 0 Å². The number of carbonyl (C=O) groups excluding carboxylic acids is 2. The third-order valence-corrected chi connectivity index (χ3v) is 7.86. The summed E-state index contributed by atoms with van der Waals surface area (Å²) in [5.74, 6) is -2.21. The lowest BCUT2D eigenvalue weighted by atomic mass is 9.96. The number of hydrogen-bond acceptors (Lipinski definition) is 6. The number of rotatable bonds is 11. The first-order valence-corrected chi connectivity index (χ1v) is 14.0. The number of nitrogens with zero attached hydrogens (tertiary/aromatic N) is 2. The molecule has 200 valence electrons. The number of nitrogens with one attached hydrogen (secondary N) is 2. The highest BCUT2D eigenvalue weighted by Gasteiger charge is 2.33. The van der Waals surface area contributed by atoms with Crippen molar-refractivity contribution in [1.82, 2.24) is 19.8 Å². The Balaban J connectivity index is 1.55. The zero-order valence-electron chi connectivity index (χ0n) is 21.1. The van der Waals surface area contributed by atoms with Crippen molar-refractivity contribution in [2.75, 3.05) is 39.0 Å². The van der Waals surface area contributed by atoms with E-state index in [0.717, 1.165) is 12.3 Å². The lowest BCUT2D eigenvalue weighted by Gasteiger charge is -2.39. The van der Waals surface area contributed by atoms with E-state index in [2.05, 4.69) is 52.8 Å². The molecular formula is C26H34N4O6S. The number of aliphatic carboxylic acids is 1. The Morgan fingerprint density at radius 1 is 1.08 bits per heavy atom. The number of sulfonamides is 1. The molecule has 1 aliphatic heterocycles. The summed E-state index contributed by atoms with van der Waals surface area (Å²) in [5.41, 5.74) is 1.23. The van der Waals surface area contributed by atoms with E-state index < -0.39 is 27.8 Å². The van der Waals surface area contributed by atoms with E-state index in [1.165, 1.54) is 26.7 Å². The molecule has 0 radical (unpaired) electrons. The molecule has 1 unspecified atom stereocenters. The number of carbonyl (C=O) groups is 3. The van der Waals surface area contributed by atoms with Crippen LogP contribution < -0.4 is 10.6 Å². The first-order valence-electron chi connectivity index (χ1n) is 12.2. The van der Waals surface area contributed by atoms with Gasteiger partial charge in [0.05, 0.1) is 19.3 Å². The van der Waals surface area contributed by atoms with Gasteiger partial charge >= 0.3 is 5.97 Å². The second kappa shape index (κ2) is 12.8. The Morgan fingerprint density at radius 2 is 1.76 bits per heavy atom. The average molecular weight is 531 g/mol. The van der Waals surface area contributed by atoms with Crippen molar-refractivity contribution in [2.24, 2.45) is 0 Å². The molecule has 37 heavy (non-hydrogen) atoms. The van der Waals surface area contributed by atoms with E-state index >= 15 is 0 Å². The smallest absolute Gasteiger partial charge is 0.328 e. The quantitative estimate of drug-likeness (QED) is 0.375. The Morgan fingerprint density at radius 3 is 2.43 bits per heavy atom. The molecule has 0 saturated carbocycles. The second-order valence-corrected chi connectivity index (χ2v) is 11.1. The van der Waals surface area contributed by atoms with Crippen LogP contribution >= 0.6 is 0 Å². The number of fused-ring (bicyclic) bond motifs is 1. The van der Waals surface area contributed by atoms with Crippen LogP contribution in [0.3, 0.4) is 0 Å². The molecule has 2 aromatic carbocycles. The predicted molar refractivity (Wildman–Crippen MR) is 141 cm³/mol. The van der Waals surface area contributed by atoms with Crippen LogP contribution in [0.1, 0.15) is 31.4 Å². The molecule has 0 bridgehead atoms. The largest absolute Gasteiger partial charge is 0.478 e. The van der Waals surface area contributed by atoms with Crippen molar-refractivity contribution in [3.8, 4) is 0 Å². The fourth-order valence-electron chi connectivity index (χ4n) is 4.66. The maximum Gasteiger partial charge on any atom is 0.328 e. The number of piperidine rings is 1. The molecular weight excluding hydrogens is 496 g/mol. The molecule has 1 atom stereocenters. The first-order chi connectivity index (χ1) is 17.6. The van der Waals surface area contributed by atoms with Crippen LogP contribution in [0, 0.1) is 0 Å². The SMILES string of the molecule is CC(c1cccc2ccccc12)N1CCC(N(CC(=O)NCC(=O)NC/C=C/C(=O)O)S(C)(=O)=O)CC1. The fourth-order valence-corrected chi connectivity index (χ4v) is 5.77. The van der Waals surface area contributed by atoms with Gasteiger partial charge in [0.1, 0.15) is 0 Å². The summed E-state index contributed by atoms with van der Waals surface area (Å²) >= 11 is 0. The van der Waals surface area contributed by atoms with Crippen molar-refractivity contribution >= 4 is 38.6 Å². The molecule has 3 rings (SSSR count). The Hall–Kier alpha value is -3.28. The van der Waals surface area contributed by atoms with Crippen LogP contribution in [-0.2, 0) is 24.4 Å². The number of benzene rings is 2. The molecule has 1 heterocycles. The molecule has 3 N–H and O–H groups in total. The third kappa shape index (κ3) is 8.11. The van der Waals surface area contributed by atoms with E-state index in [1.807, 2.05) is 12.1 Å². The van der Waals surface area contributed by atoms with E-state index in [4.69, 9.17) is 5.11 Å². The zero-order valence-corrected chi connectivity index (χ0v) is 21.9. The molecule has 0 spiro atoms. The van der Waals surface area contributed by atoms with Crippen molar-refractivity contribution in [1.29, 1.82) is 0 Å². The van der Waals surface area contributed by atoms with Gasteiger partial charge in [-0.25, -0.2) is 13.2 Å². The van der Waals surface area contributed by atoms with Crippen LogP contribution in [-0.4, -0.2) is 85.5 Å². The molecule has 1 fully saturated rings. The monoisotopic (exact) mass is 530 g/mol. The molecule has 1 saturated heterocycles. The minimum Gasteiger partial charge on any atom is -0.478 e. The molecule has 11 heteroatoms. The van der Waals surface area contributed by atoms with Crippen molar-refractivity contribution < 1.29 is 27.9 Å². The maximum absolute atomic E-state index is 12.5. The summed E-state index contributed by atoms with van der Waals surface area (Å²) in [4.78, 5) is 37.0. The minimum absolute atomic E-state index is 0.00619. The van der Waals surface area contributed by atoms with Gasteiger partial charge in [0.25, 0.3) is 0 Å². The number of carboxylic acid groups (broad SMARTS) is 1. The highest BCUT2D eigenvalue weighted by Crippen LogP contribution is 2.31. The number of amides is 2. The highest BCUT2D eigenvalue weighted by atomic mass is 32.2. The molecule has 0 aliphatic carbocycles. The lowest BCUT2D eigenvalue weighted by Crippen LogP contribution is -2.51. The van der Waals surface area contributed by atoms with E-state index in [1.54, 1.807) is 0 Å². The van der Waals surface area contributed by atoms with E-state index in [-0.39, 0.29) is 31.7 Å². The summed E-state index contributed by atoms with van der Waals surface area (Å²) in [5, 5.41) is 15.8. The minimum atomic E-state index is -3.65. The van der Waals surface area contributed by atoms with Crippen molar-refractivity contribution in [2.45, 2.75) is 31.8 Å². The lowest BCUT2D eigenvalue weighted by molar-refractivity contribution is -0.131. The Kier molecular flexibility index (Phi) is 9.79. The summed E-state index contributed by atoms with van der Waals surface area (Å²) in [7, 11) is -3.65. The number of hydrogen-bond donors (Lipinski definition) is 3. The van der Waals surface area contributed by atoms with Gasteiger partial charge in [0.15, 0.2) is 0 Å². The standard InChI is InChI=1S/C26H34N4O6S/c1-19(22-10-5-8-20-7-3-4-9-23(20)22)29-15-12-21(13-16-29)30(37(2,35)36)18-25(32)28-17-24(31)27-14-6-11-26(33)34/h3-11,19,21H,12-18H2,1-2H3,(H,27,31)(H,28,32)(H,33,34)/b11-6+. The third-order valence-electron chi connectivity index (χ3n) is 6.58. The first kappa shape index (κ1) is 28.3. The fraction of sp³-hybridized carbons (Fsp3) is 0.423. The van der Waals surface area contributed by atoms with Gasteiger partial charge in [-0.2, -0.15) is 4.31 Å². The van der Waals surface area contributed by atoms with Gasteiger partial charge in [0, 0.05) is 37.8 Å². The van der Waals surface area contributed by atoms with Gasteiger partial charge in [-0.15, -0.1) is 0 Å². The Bertz CT molecular complexity index is 1250. The van der Waals surface area contributed by atoms with Crippen LogP contribution in [0.25, 0.3) is 10.8 Å². The van der Waals surface area contributed by atoms with Gasteiger partial charge in [-0.1, -0.05) is 48.5 Å². The molecule has 2 amide bonds. The topological polar surface area (TPSA) is 136 Å². The van der Waals surface area contributed by atoms with Crippen LogP contribution in [0.4, 0.5) is 0 Å². The summed E-state index contributed by atoms with van der Waals surface area (Å²) < 4.78 is 26.2. The van der Waals surface area contributed by atoms with Gasteiger partial charge < -0.3 is 15.7 Å². The molecule has 0 aromatic heterocycles. The molecule has 2 aromatic rings. The maximum atomic E-state index is 12.5. The molecule has 1 aliphatic rings. The van der Waals surface area contributed by atoms with Crippen LogP contribution in [0.5, 0.6) is 0 Å². The van der Waals surface area contributed by atoms with Gasteiger partial charge in [-0.3, -0.25) is 14.5 Å². The predicted octanol–water partition coefficient (Wildman–Crippen LogP) is 1.50. The van der Waals surface area contributed by atoms with Crippen molar-refractivity contribution in [3.05, 3.63) is 60.2 Å². The zero-order chi connectivity index (χ0) is 27.0. The number of carboxylic acids is 1. The average Bonchev–Trinajstić information content (AvgIpc) is 2.87. The summed E-state index contributed by atoms with van der Waals surface area (Å²) in [6.07, 6.45) is 4.43. The van der Waals surface area contributed by atoms with Crippen LogP contribution in [0.2, 0.25) is 0 Å². The second-order valence-electron chi connectivity index (χ2n) is 9.14. The number of likely N-dealkylation sites (tertiary alicyclic amines) is 1. The van der Waals surface area contributed by atoms with E-state index in [9.17, 15) is 22.8 Å².